The van der Waals surface area contributed by atoms with Crippen molar-refractivity contribution in [3.05, 3.63) is 42.2 Å². The molecule has 0 fully saturated rings. The van der Waals surface area contributed by atoms with Crippen LogP contribution in [-0.4, -0.2) is 4.98 Å². The van der Waals surface area contributed by atoms with E-state index >= 15 is 0 Å². The molecule has 1 aliphatic heterocycles. The van der Waals surface area contributed by atoms with E-state index in [0.717, 1.165) is 5.52 Å². The maximum atomic E-state index is 4.32. The molecule has 2 aromatic rings. The van der Waals surface area contributed by atoms with Crippen molar-refractivity contribution < 1.29 is 0 Å². The zero-order valence-corrected chi connectivity index (χ0v) is 9.44. The van der Waals surface area contributed by atoms with Crippen LogP contribution in [0.3, 0.4) is 0 Å². The molecule has 15 heavy (non-hydrogen) atoms. The largest absolute Gasteiger partial charge is 0.332 e. The molecular weight excluding hydrogens is 224 g/mol. The van der Waals surface area contributed by atoms with E-state index in [0.29, 0.717) is 0 Å². The first-order valence-electron chi connectivity index (χ1n) is 4.42. The van der Waals surface area contributed by atoms with E-state index < -0.39 is 0 Å². The molecule has 0 amide bonds. The van der Waals surface area contributed by atoms with Crippen LogP contribution >= 0.6 is 25.4 Å². The second kappa shape index (κ2) is 4.16. The average Bonchev–Trinajstić information content (AvgIpc) is 2.29. The number of nitrogens with zero attached hydrogens (tertiary/aromatic N) is 1. The van der Waals surface area contributed by atoms with E-state index in [1.165, 1.54) is 15.8 Å². The monoisotopic (exact) mass is 232 g/mol. The summed E-state index contributed by atoms with van der Waals surface area (Å²) in [4.78, 5) is 5.59. The lowest BCUT2D eigenvalue weighted by atomic mass is 10.1. The number of nitrogens with one attached hydrogen (secondary N) is 1. The Hall–Kier alpha value is -1.13. The van der Waals surface area contributed by atoms with Crippen molar-refractivity contribution in [1.82, 2.24) is 9.71 Å². The van der Waals surface area contributed by atoms with Crippen LogP contribution in [0.25, 0.3) is 17.0 Å². The number of hydrogen-bond acceptors (Lipinski definition) is 3. The number of hydrogen-bond donors (Lipinski definition) is 1. The molecule has 2 heterocycles. The highest BCUT2D eigenvalue weighted by Crippen LogP contribution is 2.31. The number of pyridine rings is 1. The lowest BCUT2D eigenvalue weighted by Gasteiger charge is -2.12. The molecule has 0 bridgehead atoms. The predicted octanol–water partition coefficient (Wildman–Crippen LogP) is 3.46. The zero-order chi connectivity index (χ0) is 9.38. The van der Waals surface area contributed by atoms with Gasteiger partial charge in [0, 0.05) is 36.2 Å². The van der Waals surface area contributed by atoms with Crippen molar-refractivity contribution in [2.45, 2.75) is 4.90 Å². The van der Waals surface area contributed by atoms with Gasteiger partial charge in [-0.1, -0.05) is 12.1 Å². The summed E-state index contributed by atoms with van der Waals surface area (Å²) in [5, 5.41) is 1.21. The third-order valence-electron chi connectivity index (χ3n) is 2.26. The second-order valence-corrected chi connectivity index (χ2v) is 3.96. The van der Waals surface area contributed by atoms with Crippen LogP contribution in [0.1, 0.15) is 5.56 Å². The molecule has 1 aliphatic rings. The third-order valence-corrected chi connectivity index (χ3v) is 3.17. The van der Waals surface area contributed by atoms with Crippen molar-refractivity contribution >= 4 is 42.4 Å². The first kappa shape index (κ1) is 10.4. The fourth-order valence-electron chi connectivity index (χ4n) is 1.60. The number of fused-ring (bicyclic) bond motifs is 3. The minimum absolute atomic E-state index is 0. The number of rotatable bonds is 0. The number of aromatic nitrogens is 1. The van der Waals surface area contributed by atoms with E-state index in [1.807, 2.05) is 18.5 Å². The van der Waals surface area contributed by atoms with Gasteiger partial charge in [-0.2, -0.15) is 0 Å². The second-order valence-electron chi connectivity index (χ2n) is 3.11. The van der Waals surface area contributed by atoms with Gasteiger partial charge in [-0.25, -0.2) is 0 Å². The molecule has 4 heteroatoms. The zero-order valence-electron chi connectivity index (χ0n) is 7.81. The van der Waals surface area contributed by atoms with Crippen LogP contribution in [0.15, 0.2) is 41.6 Å². The summed E-state index contributed by atoms with van der Waals surface area (Å²) >= 11 is 1.64. The summed E-state index contributed by atoms with van der Waals surface area (Å²) in [6.45, 7) is 0. The lowest BCUT2D eigenvalue weighted by Crippen LogP contribution is -1.98. The van der Waals surface area contributed by atoms with Gasteiger partial charge in [0.15, 0.2) is 0 Å². The maximum Gasteiger partial charge on any atom is 0.0714 e. The van der Waals surface area contributed by atoms with E-state index in [-0.39, 0.29) is 13.5 Å². The smallest absolute Gasteiger partial charge is 0.0714 e. The van der Waals surface area contributed by atoms with Gasteiger partial charge >= 0.3 is 0 Å². The van der Waals surface area contributed by atoms with Crippen LogP contribution in [0.4, 0.5) is 0 Å². The van der Waals surface area contributed by atoms with Gasteiger partial charge in [0.1, 0.15) is 0 Å². The summed E-state index contributed by atoms with van der Waals surface area (Å²) in [7, 11) is 0. The normalized spacial score (nSPS) is 12.8. The molecule has 1 aromatic heterocycles. The van der Waals surface area contributed by atoms with Crippen molar-refractivity contribution in [3.8, 4) is 0 Å². The molecule has 74 valence electrons. The van der Waals surface area contributed by atoms with Crippen molar-refractivity contribution in [1.29, 1.82) is 0 Å². The Labute approximate surface area is 99.4 Å². The van der Waals surface area contributed by atoms with Gasteiger partial charge in [0.2, 0.25) is 0 Å². The summed E-state index contributed by atoms with van der Waals surface area (Å²) in [6, 6.07) is 8.25. The van der Waals surface area contributed by atoms with E-state index in [9.17, 15) is 0 Å². The highest BCUT2D eigenvalue weighted by atomic mass is 32.2. The Bertz CT molecular complexity index is 523. The van der Waals surface area contributed by atoms with E-state index in [1.54, 1.807) is 11.9 Å². The first-order chi connectivity index (χ1) is 6.95. The number of benzene rings is 1. The highest BCUT2D eigenvalue weighted by Gasteiger charge is 2.08. The van der Waals surface area contributed by atoms with Crippen molar-refractivity contribution in [3.63, 3.8) is 0 Å². The lowest BCUT2D eigenvalue weighted by molar-refractivity contribution is 1.32. The topological polar surface area (TPSA) is 24.9 Å². The minimum atomic E-state index is 0. The molecule has 0 atom stereocenters. The molecule has 0 saturated carbocycles. The Morgan fingerprint density at radius 3 is 3.07 bits per heavy atom. The van der Waals surface area contributed by atoms with Gasteiger partial charge in [-0.3, -0.25) is 4.98 Å². The van der Waals surface area contributed by atoms with Gasteiger partial charge < -0.3 is 4.72 Å². The highest BCUT2D eigenvalue weighted by molar-refractivity contribution is 7.97. The summed E-state index contributed by atoms with van der Waals surface area (Å²) < 4.78 is 3.14. The summed E-state index contributed by atoms with van der Waals surface area (Å²) in [5.74, 6) is 0. The Kier molecular flexibility index (Phi) is 2.88. The van der Waals surface area contributed by atoms with E-state index in [4.69, 9.17) is 0 Å². The summed E-state index contributed by atoms with van der Waals surface area (Å²) in [6.07, 6.45) is 5.86. The molecule has 2 radical (unpaired) electrons. The van der Waals surface area contributed by atoms with Crippen molar-refractivity contribution in [2.75, 3.05) is 0 Å². The standard InChI is InChI=1S/C11H8N2S.S/c1-2-9-10(12-6-1)4-3-8-5-7-13-14-11(8)9;/h1-7,13H;. The van der Waals surface area contributed by atoms with Gasteiger partial charge in [-0.05, 0) is 35.7 Å². The fraction of sp³-hybridized carbons (Fsp3) is 0. The van der Waals surface area contributed by atoms with Crippen LogP contribution < -0.4 is 4.72 Å². The van der Waals surface area contributed by atoms with Crippen LogP contribution in [0, 0.1) is 0 Å². The molecule has 0 unspecified atom stereocenters. The van der Waals surface area contributed by atoms with Gasteiger partial charge in [0.25, 0.3) is 0 Å². The SMILES string of the molecule is C1=Cc2ccc3ncccc3c2SN1.[S]. The van der Waals surface area contributed by atoms with Crippen LogP contribution in [0.5, 0.6) is 0 Å². The molecule has 1 aromatic carbocycles. The maximum absolute atomic E-state index is 4.32. The fourth-order valence-corrected chi connectivity index (χ4v) is 2.39. The van der Waals surface area contributed by atoms with Crippen LogP contribution in [-0.2, 0) is 0 Å². The molecule has 1 N–H and O–H groups in total. The van der Waals surface area contributed by atoms with Crippen molar-refractivity contribution in [2.24, 2.45) is 0 Å². The molecule has 0 spiro atoms. The molecule has 2 nitrogen and oxygen atoms in total. The summed E-state index contributed by atoms with van der Waals surface area (Å²) in [5.41, 5.74) is 2.31. The van der Waals surface area contributed by atoms with Gasteiger partial charge in [0.05, 0.1) is 5.52 Å². The molecule has 3 rings (SSSR count). The average molecular weight is 232 g/mol. The van der Waals surface area contributed by atoms with Crippen LogP contribution in [0.2, 0.25) is 0 Å². The predicted molar refractivity (Wildman–Crippen MR) is 67.4 cm³/mol. The van der Waals surface area contributed by atoms with E-state index in [2.05, 4.69) is 34.0 Å². The Morgan fingerprint density at radius 2 is 2.13 bits per heavy atom. The molecular formula is C11H8N2S2. The van der Waals surface area contributed by atoms with Gasteiger partial charge in [-0.15, -0.1) is 0 Å². The Morgan fingerprint density at radius 1 is 1.20 bits per heavy atom. The minimum Gasteiger partial charge on any atom is -0.332 e. The molecule has 0 saturated heterocycles. The third kappa shape index (κ3) is 1.70. The first-order valence-corrected chi connectivity index (χ1v) is 5.23. The quantitative estimate of drug-likeness (QED) is 0.704. The Balaban J connectivity index is 0.000000853. The molecule has 0 aliphatic carbocycles.